The highest BCUT2D eigenvalue weighted by atomic mass is 32.1. The average molecular weight is 352 g/mol. The SMILES string of the molecule is CCOc1ccc(C(=O)NCc2csc(Cc3ccccc3)n2)cc1. The molecule has 0 bridgehead atoms. The van der Waals surface area contributed by atoms with Crippen LogP contribution in [-0.2, 0) is 13.0 Å². The van der Waals surface area contributed by atoms with Gasteiger partial charge >= 0.3 is 0 Å². The van der Waals surface area contributed by atoms with Crippen molar-refractivity contribution < 1.29 is 9.53 Å². The molecule has 0 spiro atoms. The molecule has 0 aliphatic carbocycles. The third-order valence-corrected chi connectivity index (χ3v) is 4.55. The number of nitrogens with zero attached hydrogens (tertiary/aromatic N) is 1. The van der Waals surface area contributed by atoms with E-state index in [1.54, 1.807) is 35.6 Å². The lowest BCUT2D eigenvalue weighted by Crippen LogP contribution is -2.22. The molecule has 3 aromatic rings. The van der Waals surface area contributed by atoms with Crippen molar-refractivity contribution in [1.82, 2.24) is 10.3 Å². The van der Waals surface area contributed by atoms with Gasteiger partial charge < -0.3 is 10.1 Å². The van der Waals surface area contributed by atoms with Gasteiger partial charge in [-0.1, -0.05) is 30.3 Å². The Morgan fingerprint density at radius 2 is 1.88 bits per heavy atom. The van der Waals surface area contributed by atoms with Gasteiger partial charge in [0, 0.05) is 17.4 Å². The zero-order valence-electron chi connectivity index (χ0n) is 14.1. The predicted octanol–water partition coefficient (Wildman–Crippen LogP) is 4.06. The highest BCUT2D eigenvalue weighted by Crippen LogP contribution is 2.15. The monoisotopic (exact) mass is 352 g/mol. The van der Waals surface area contributed by atoms with Crippen LogP contribution in [0.25, 0.3) is 0 Å². The predicted molar refractivity (Wildman–Crippen MR) is 100 cm³/mol. The summed E-state index contributed by atoms with van der Waals surface area (Å²) >= 11 is 1.62. The molecule has 0 aliphatic rings. The first-order valence-corrected chi connectivity index (χ1v) is 9.11. The van der Waals surface area contributed by atoms with E-state index in [0.29, 0.717) is 18.7 Å². The highest BCUT2D eigenvalue weighted by Gasteiger charge is 2.08. The number of aromatic nitrogens is 1. The Bertz CT molecular complexity index is 813. The van der Waals surface area contributed by atoms with Crippen LogP contribution in [0.1, 0.15) is 33.5 Å². The van der Waals surface area contributed by atoms with Gasteiger partial charge in [-0.25, -0.2) is 4.98 Å². The second-order valence-corrected chi connectivity index (χ2v) is 6.48. The number of amides is 1. The molecule has 0 radical (unpaired) electrons. The Morgan fingerprint density at radius 3 is 2.60 bits per heavy atom. The van der Waals surface area contributed by atoms with E-state index in [4.69, 9.17) is 4.74 Å². The van der Waals surface area contributed by atoms with Gasteiger partial charge in [-0.3, -0.25) is 4.79 Å². The lowest BCUT2D eigenvalue weighted by molar-refractivity contribution is 0.0950. The van der Waals surface area contributed by atoms with Crippen molar-refractivity contribution in [2.45, 2.75) is 19.9 Å². The quantitative estimate of drug-likeness (QED) is 0.697. The minimum atomic E-state index is -0.111. The normalized spacial score (nSPS) is 10.4. The second kappa shape index (κ2) is 8.44. The fourth-order valence-corrected chi connectivity index (χ4v) is 3.25. The number of rotatable bonds is 7. The number of hydrogen-bond donors (Lipinski definition) is 1. The van der Waals surface area contributed by atoms with Gasteiger partial charge in [0.2, 0.25) is 0 Å². The van der Waals surface area contributed by atoms with Crippen LogP contribution in [0.2, 0.25) is 0 Å². The summed E-state index contributed by atoms with van der Waals surface area (Å²) in [6.07, 6.45) is 0.818. The number of ether oxygens (including phenoxy) is 1. The number of carbonyl (C=O) groups is 1. The first kappa shape index (κ1) is 17.2. The van der Waals surface area contributed by atoms with Crippen LogP contribution in [0.3, 0.4) is 0 Å². The zero-order chi connectivity index (χ0) is 17.5. The summed E-state index contributed by atoms with van der Waals surface area (Å²) in [6, 6.07) is 17.4. The Hall–Kier alpha value is -2.66. The minimum Gasteiger partial charge on any atom is -0.494 e. The molecule has 0 fully saturated rings. The first-order chi connectivity index (χ1) is 12.2. The van der Waals surface area contributed by atoms with Crippen LogP contribution in [0.15, 0.2) is 60.0 Å². The van der Waals surface area contributed by atoms with E-state index < -0.39 is 0 Å². The molecule has 128 valence electrons. The molecule has 25 heavy (non-hydrogen) atoms. The molecule has 0 atom stereocenters. The average Bonchev–Trinajstić information content (AvgIpc) is 3.09. The number of nitrogens with one attached hydrogen (secondary N) is 1. The molecule has 2 aromatic carbocycles. The molecule has 0 saturated heterocycles. The van der Waals surface area contributed by atoms with E-state index in [0.717, 1.165) is 22.9 Å². The lowest BCUT2D eigenvalue weighted by Gasteiger charge is -2.05. The zero-order valence-corrected chi connectivity index (χ0v) is 14.9. The van der Waals surface area contributed by atoms with Crippen molar-refractivity contribution in [1.29, 1.82) is 0 Å². The smallest absolute Gasteiger partial charge is 0.251 e. The van der Waals surface area contributed by atoms with Crippen LogP contribution >= 0.6 is 11.3 Å². The maximum absolute atomic E-state index is 12.2. The van der Waals surface area contributed by atoms with Crippen LogP contribution in [0.4, 0.5) is 0 Å². The third kappa shape index (κ3) is 4.90. The standard InChI is InChI=1S/C20H20N2O2S/c1-2-24-18-10-8-16(9-11-18)20(23)21-13-17-14-25-19(22-17)12-15-6-4-3-5-7-15/h3-11,14H,2,12-13H2,1H3,(H,21,23). The van der Waals surface area contributed by atoms with Crippen LogP contribution < -0.4 is 10.1 Å². The fourth-order valence-electron chi connectivity index (χ4n) is 2.42. The van der Waals surface area contributed by atoms with Gasteiger partial charge in [-0.05, 0) is 36.8 Å². The van der Waals surface area contributed by atoms with Crippen molar-refractivity contribution >= 4 is 17.2 Å². The van der Waals surface area contributed by atoms with E-state index in [1.807, 2.05) is 30.5 Å². The summed E-state index contributed by atoms with van der Waals surface area (Å²) in [5.74, 6) is 0.657. The van der Waals surface area contributed by atoms with Crippen molar-refractivity contribution in [2.24, 2.45) is 0 Å². The maximum Gasteiger partial charge on any atom is 0.251 e. The third-order valence-electron chi connectivity index (χ3n) is 3.66. The van der Waals surface area contributed by atoms with E-state index in [9.17, 15) is 4.79 Å². The summed E-state index contributed by atoms with van der Waals surface area (Å²) in [6.45, 7) is 2.97. The Balaban J connectivity index is 1.54. The van der Waals surface area contributed by atoms with Gasteiger partial charge in [0.25, 0.3) is 5.91 Å². The van der Waals surface area contributed by atoms with Gasteiger partial charge in [-0.2, -0.15) is 0 Å². The second-order valence-electron chi connectivity index (χ2n) is 5.54. The lowest BCUT2D eigenvalue weighted by atomic mass is 10.2. The molecular formula is C20H20N2O2S. The minimum absolute atomic E-state index is 0.111. The summed E-state index contributed by atoms with van der Waals surface area (Å²) in [4.78, 5) is 16.8. The van der Waals surface area contributed by atoms with Gasteiger partial charge in [0.15, 0.2) is 0 Å². The number of thiazole rings is 1. The van der Waals surface area contributed by atoms with Gasteiger partial charge in [-0.15, -0.1) is 11.3 Å². The molecule has 3 rings (SSSR count). The van der Waals surface area contributed by atoms with Crippen molar-refractivity contribution in [2.75, 3.05) is 6.61 Å². The molecule has 0 unspecified atom stereocenters. The van der Waals surface area contributed by atoms with Crippen molar-refractivity contribution in [3.8, 4) is 5.75 Å². The van der Waals surface area contributed by atoms with Gasteiger partial charge in [0.05, 0.1) is 23.9 Å². The molecule has 4 nitrogen and oxygen atoms in total. The van der Waals surface area contributed by atoms with Gasteiger partial charge in [0.1, 0.15) is 5.75 Å². The summed E-state index contributed by atoms with van der Waals surface area (Å²) in [7, 11) is 0. The van der Waals surface area contributed by atoms with Crippen LogP contribution in [0, 0.1) is 0 Å². The summed E-state index contributed by atoms with van der Waals surface area (Å²) in [5, 5.41) is 5.96. The molecule has 1 heterocycles. The Kier molecular flexibility index (Phi) is 5.80. The highest BCUT2D eigenvalue weighted by molar-refractivity contribution is 7.09. The van der Waals surface area contributed by atoms with Crippen LogP contribution in [0.5, 0.6) is 5.75 Å². The Morgan fingerprint density at radius 1 is 1.12 bits per heavy atom. The summed E-state index contributed by atoms with van der Waals surface area (Å²) in [5.41, 5.74) is 2.74. The Labute approximate surface area is 151 Å². The van der Waals surface area contributed by atoms with E-state index in [1.165, 1.54) is 5.56 Å². The summed E-state index contributed by atoms with van der Waals surface area (Å²) < 4.78 is 5.38. The molecular weight excluding hydrogens is 332 g/mol. The largest absolute Gasteiger partial charge is 0.494 e. The topological polar surface area (TPSA) is 51.2 Å². The van der Waals surface area contributed by atoms with Crippen LogP contribution in [-0.4, -0.2) is 17.5 Å². The van der Waals surface area contributed by atoms with Crippen molar-refractivity contribution in [3.63, 3.8) is 0 Å². The van der Waals surface area contributed by atoms with E-state index >= 15 is 0 Å². The van der Waals surface area contributed by atoms with Crippen molar-refractivity contribution in [3.05, 3.63) is 81.8 Å². The number of hydrogen-bond acceptors (Lipinski definition) is 4. The first-order valence-electron chi connectivity index (χ1n) is 8.23. The fraction of sp³-hybridized carbons (Fsp3) is 0.200. The molecule has 0 saturated carbocycles. The maximum atomic E-state index is 12.2. The molecule has 5 heteroatoms. The number of benzene rings is 2. The van der Waals surface area contributed by atoms with E-state index in [2.05, 4.69) is 22.4 Å². The number of carbonyl (C=O) groups excluding carboxylic acids is 1. The molecule has 1 N–H and O–H groups in total. The van der Waals surface area contributed by atoms with E-state index in [-0.39, 0.29) is 5.91 Å². The molecule has 1 amide bonds. The molecule has 1 aromatic heterocycles. The molecule has 0 aliphatic heterocycles.